The number of nitrogens with zero attached hydrogens (tertiary/aromatic N) is 1. The van der Waals surface area contributed by atoms with E-state index in [4.69, 9.17) is 5.73 Å². The van der Waals surface area contributed by atoms with Crippen molar-refractivity contribution in [3.05, 3.63) is 18.2 Å². The fourth-order valence-corrected chi connectivity index (χ4v) is 2.68. The van der Waals surface area contributed by atoms with Crippen molar-refractivity contribution in [1.82, 2.24) is 25.9 Å². The highest BCUT2D eigenvalue weighted by atomic mass is 16.4. The number of aliphatic carboxylic acids is 1. The Morgan fingerprint density at radius 3 is 2.13 bits per heavy atom. The van der Waals surface area contributed by atoms with E-state index in [1.54, 1.807) is 0 Å². The van der Waals surface area contributed by atoms with Crippen molar-refractivity contribution < 1.29 is 29.4 Å². The van der Waals surface area contributed by atoms with Gasteiger partial charge in [-0.25, -0.2) is 9.78 Å². The molecule has 0 saturated heterocycles. The van der Waals surface area contributed by atoms with Gasteiger partial charge in [-0.15, -0.1) is 0 Å². The lowest BCUT2D eigenvalue weighted by Gasteiger charge is -2.24. The molecule has 8 N–H and O–H groups in total. The number of carboxylic acid groups (broad SMARTS) is 1. The van der Waals surface area contributed by atoms with E-state index in [0.29, 0.717) is 5.69 Å². The van der Waals surface area contributed by atoms with E-state index in [1.807, 2.05) is 13.8 Å². The maximum Gasteiger partial charge on any atom is 0.326 e. The summed E-state index contributed by atoms with van der Waals surface area (Å²) in [5, 5.41) is 26.1. The quantitative estimate of drug-likeness (QED) is 0.199. The summed E-state index contributed by atoms with van der Waals surface area (Å²) in [7, 11) is 0. The second kappa shape index (κ2) is 12.0. The van der Waals surface area contributed by atoms with Crippen LogP contribution in [0.3, 0.4) is 0 Å². The van der Waals surface area contributed by atoms with Crippen LogP contribution >= 0.6 is 0 Å². The molecule has 0 aromatic carbocycles. The Hall–Kier alpha value is -2.99. The number of hydrogen-bond acceptors (Lipinski definition) is 7. The van der Waals surface area contributed by atoms with E-state index in [0.717, 1.165) is 0 Å². The fraction of sp³-hybridized carbons (Fsp3) is 0.632. The number of aliphatic hydroxyl groups is 1. The van der Waals surface area contributed by atoms with Gasteiger partial charge in [0.2, 0.25) is 17.7 Å². The number of amides is 3. The zero-order valence-electron chi connectivity index (χ0n) is 18.1. The van der Waals surface area contributed by atoms with Gasteiger partial charge in [-0.3, -0.25) is 14.4 Å². The molecule has 31 heavy (non-hydrogen) atoms. The summed E-state index contributed by atoms with van der Waals surface area (Å²) in [5.74, 6) is -3.22. The van der Waals surface area contributed by atoms with E-state index < -0.39 is 54.0 Å². The van der Waals surface area contributed by atoms with Gasteiger partial charge in [0.05, 0.1) is 12.4 Å². The number of aliphatic hydroxyl groups excluding tert-OH is 1. The highest BCUT2D eigenvalue weighted by Gasteiger charge is 2.29. The standard InChI is InChI=1S/C19H32N6O6/c1-9(2)5-14(19(30)31)25-16(27)10(3)23-17(28)13(6-12-7-21-8-22-12)24-18(29)15(20)11(4)26/h7-11,13-15,26H,5-6,20H2,1-4H3,(H,21,22)(H,23,28)(H,24,29)(H,25,27)(H,30,31). The molecule has 5 atom stereocenters. The molecule has 0 aliphatic carbocycles. The van der Waals surface area contributed by atoms with E-state index in [2.05, 4.69) is 25.9 Å². The number of imidazole rings is 1. The van der Waals surface area contributed by atoms with Crippen molar-refractivity contribution in [3.63, 3.8) is 0 Å². The molecular weight excluding hydrogens is 408 g/mol. The third kappa shape index (κ3) is 8.72. The molecule has 12 heteroatoms. The Morgan fingerprint density at radius 1 is 1.03 bits per heavy atom. The first-order valence-electron chi connectivity index (χ1n) is 9.97. The van der Waals surface area contributed by atoms with Crippen molar-refractivity contribution >= 4 is 23.7 Å². The number of carboxylic acids is 1. The van der Waals surface area contributed by atoms with Crippen LogP contribution in [-0.2, 0) is 25.6 Å². The topological polar surface area (TPSA) is 200 Å². The minimum atomic E-state index is -1.25. The Kier molecular flexibility index (Phi) is 10.1. The molecule has 0 spiro atoms. The van der Waals surface area contributed by atoms with Gasteiger partial charge in [0, 0.05) is 18.3 Å². The van der Waals surface area contributed by atoms with Crippen LogP contribution < -0.4 is 21.7 Å². The van der Waals surface area contributed by atoms with Gasteiger partial charge >= 0.3 is 5.97 Å². The molecule has 1 aromatic heterocycles. The third-order valence-electron chi connectivity index (χ3n) is 4.51. The van der Waals surface area contributed by atoms with Crippen LogP contribution in [0.4, 0.5) is 0 Å². The predicted molar refractivity (Wildman–Crippen MR) is 111 cm³/mol. The van der Waals surface area contributed by atoms with Crippen LogP contribution in [0.1, 0.15) is 39.8 Å². The summed E-state index contributed by atoms with van der Waals surface area (Å²) in [5.41, 5.74) is 6.17. The summed E-state index contributed by atoms with van der Waals surface area (Å²) in [6.07, 6.45) is 2.01. The van der Waals surface area contributed by atoms with E-state index in [-0.39, 0.29) is 18.8 Å². The molecule has 0 saturated carbocycles. The number of rotatable bonds is 12. The van der Waals surface area contributed by atoms with Crippen LogP contribution in [0, 0.1) is 5.92 Å². The second-order valence-corrected chi connectivity index (χ2v) is 7.87. The number of carbonyl (C=O) groups is 4. The molecule has 5 unspecified atom stereocenters. The summed E-state index contributed by atoms with van der Waals surface area (Å²) < 4.78 is 0. The second-order valence-electron chi connectivity index (χ2n) is 7.87. The fourth-order valence-electron chi connectivity index (χ4n) is 2.68. The highest BCUT2D eigenvalue weighted by Crippen LogP contribution is 2.06. The van der Waals surface area contributed by atoms with E-state index >= 15 is 0 Å². The van der Waals surface area contributed by atoms with Gasteiger partial charge in [-0.05, 0) is 26.2 Å². The normalized spacial score (nSPS) is 16.0. The molecule has 1 rings (SSSR count). The zero-order valence-corrected chi connectivity index (χ0v) is 18.1. The number of aromatic nitrogens is 2. The molecular formula is C19H32N6O6. The molecule has 1 heterocycles. The van der Waals surface area contributed by atoms with Crippen molar-refractivity contribution in [3.8, 4) is 0 Å². The molecule has 0 aliphatic rings. The number of aromatic amines is 1. The average molecular weight is 441 g/mol. The number of nitrogens with two attached hydrogens (primary N) is 1. The smallest absolute Gasteiger partial charge is 0.326 e. The van der Waals surface area contributed by atoms with Crippen LogP contribution in [-0.4, -0.2) is 74.1 Å². The van der Waals surface area contributed by atoms with E-state index in [1.165, 1.54) is 26.4 Å². The summed E-state index contributed by atoms with van der Waals surface area (Å²) >= 11 is 0. The molecule has 0 aliphatic heterocycles. The third-order valence-corrected chi connectivity index (χ3v) is 4.51. The lowest BCUT2D eigenvalue weighted by atomic mass is 10.0. The highest BCUT2D eigenvalue weighted by molar-refractivity contribution is 5.94. The minimum absolute atomic E-state index is 0.0313. The SMILES string of the molecule is CC(C)CC(NC(=O)C(C)NC(=O)C(Cc1cnc[nH]1)NC(=O)C(N)C(C)O)C(=O)O. The van der Waals surface area contributed by atoms with E-state index in [9.17, 15) is 29.4 Å². The average Bonchev–Trinajstić information content (AvgIpc) is 3.18. The minimum Gasteiger partial charge on any atom is -0.480 e. The summed E-state index contributed by atoms with van der Waals surface area (Å²) in [4.78, 5) is 55.4. The maximum atomic E-state index is 12.7. The Labute approximate surface area is 180 Å². The molecule has 1 aromatic rings. The number of H-pyrrole nitrogens is 1. The van der Waals surface area contributed by atoms with Crippen LogP contribution in [0.5, 0.6) is 0 Å². The monoisotopic (exact) mass is 440 g/mol. The largest absolute Gasteiger partial charge is 0.480 e. The molecule has 0 radical (unpaired) electrons. The first-order valence-corrected chi connectivity index (χ1v) is 9.97. The van der Waals surface area contributed by atoms with Crippen LogP contribution in [0.25, 0.3) is 0 Å². The number of carbonyl (C=O) groups excluding carboxylic acids is 3. The van der Waals surface area contributed by atoms with Crippen molar-refractivity contribution in [1.29, 1.82) is 0 Å². The van der Waals surface area contributed by atoms with Gasteiger partial charge in [0.1, 0.15) is 24.2 Å². The maximum absolute atomic E-state index is 12.7. The van der Waals surface area contributed by atoms with Crippen LogP contribution in [0.15, 0.2) is 12.5 Å². The Bertz CT molecular complexity index is 751. The van der Waals surface area contributed by atoms with Gasteiger partial charge in [-0.1, -0.05) is 13.8 Å². The van der Waals surface area contributed by atoms with Gasteiger partial charge in [-0.2, -0.15) is 0 Å². The van der Waals surface area contributed by atoms with Crippen molar-refractivity contribution in [2.45, 2.75) is 70.8 Å². The molecule has 174 valence electrons. The summed E-state index contributed by atoms with van der Waals surface area (Å²) in [6.45, 7) is 6.40. The van der Waals surface area contributed by atoms with Crippen molar-refractivity contribution in [2.75, 3.05) is 0 Å². The first-order chi connectivity index (χ1) is 14.4. The number of nitrogens with one attached hydrogen (secondary N) is 4. The van der Waals surface area contributed by atoms with Crippen LogP contribution in [0.2, 0.25) is 0 Å². The van der Waals surface area contributed by atoms with Crippen molar-refractivity contribution in [2.24, 2.45) is 11.7 Å². The number of hydrogen-bond donors (Lipinski definition) is 7. The first kappa shape index (κ1) is 26.0. The van der Waals surface area contributed by atoms with Gasteiger partial charge in [0.15, 0.2) is 0 Å². The Balaban J connectivity index is 2.84. The molecule has 3 amide bonds. The Morgan fingerprint density at radius 2 is 1.65 bits per heavy atom. The molecule has 12 nitrogen and oxygen atoms in total. The molecule has 0 fully saturated rings. The predicted octanol–water partition coefficient (Wildman–Crippen LogP) is -1.73. The van der Waals surface area contributed by atoms with Gasteiger partial charge in [0.25, 0.3) is 0 Å². The zero-order chi connectivity index (χ0) is 23.7. The lowest BCUT2D eigenvalue weighted by Crippen LogP contribution is -2.58. The van der Waals surface area contributed by atoms with Gasteiger partial charge < -0.3 is 36.9 Å². The lowest BCUT2D eigenvalue weighted by molar-refractivity contribution is -0.142. The summed E-state index contributed by atoms with van der Waals surface area (Å²) in [6, 6.07) is -4.51. The molecule has 0 bridgehead atoms.